The highest BCUT2D eigenvalue weighted by atomic mass is 16.2. The van der Waals surface area contributed by atoms with E-state index < -0.39 is 23.7 Å². The van der Waals surface area contributed by atoms with E-state index >= 15 is 0 Å². The molecule has 3 rings (SSSR count). The highest BCUT2D eigenvalue weighted by Crippen LogP contribution is 2.15. The summed E-state index contributed by atoms with van der Waals surface area (Å²) in [5, 5.41) is 3.10. The first-order valence-corrected chi connectivity index (χ1v) is 9.24. The van der Waals surface area contributed by atoms with E-state index in [2.05, 4.69) is 10.3 Å². The third kappa shape index (κ3) is 4.43. The molecule has 8 heteroatoms. The van der Waals surface area contributed by atoms with Gasteiger partial charge < -0.3 is 15.2 Å². The average Bonchev–Trinajstić information content (AvgIpc) is 2.71. The van der Waals surface area contributed by atoms with Crippen molar-refractivity contribution < 1.29 is 9.59 Å². The Morgan fingerprint density at radius 2 is 1.76 bits per heavy atom. The molecule has 8 nitrogen and oxygen atoms in total. The summed E-state index contributed by atoms with van der Waals surface area (Å²) in [5.74, 6) is -0.881. The van der Waals surface area contributed by atoms with Gasteiger partial charge in [-0.25, -0.2) is 4.79 Å². The minimum absolute atomic E-state index is 0.197. The fourth-order valence-electron chi connectivity index (χ4n) is 3.04. The largest absolute Gasteiger partial charge is 0.335 e. The Morgan fingerprint density at radius 3 is 2.52 bits per heavy atom. The Balaban J connectivity index is 1.71. The summed E-state index contributed by atoms with van der Waals surface area (Å²) in [6.07, 6.45) is 0.763. The molecular weight excluding hydrogens is 372 g/mol. The summed E-state index contributed by atoms with van der Waals surface area (Å²) in [6, 6.07) is 14.0. The molecular formula is C21H22N4O4. The van der Waals surface area contributed by atoms with E-state index in [1.165, 1.54) is 11.9 Å². The van der Waals surface area contributed by atoms with Crippen molar-refractivity contribution in [3.8, 4) is 0 Å². The summed E-state index contributed by atoms with van der Waals surface area (Å²) in [6.45, 7) is 1.34. The molecule has 0 bridgehead atoms. The number of fused-ring (bicyclic) bond motifs is 1. The predicted molar refractivity (Wildman–Crippen MR) is 111 cm³/mol. The fourth-order valence-corrected chi connectivity index (χ4v) is 3.04. The van der Waals surface area contributed by atoms with Gasteiger partial charge in [0.2, 0.25) is 11.8 Å². The number of nitrogens with one attached hydrogen (secondary N) is 2. The summed E-state index contributed by atoms with van der Waals surface area (Å²) in [5.41, 5.74) is 0.879. The Hall–Kier alpha value is -3.68. The molecule has 0 radical (unpaired) electrons. The van der Waals surface area contributed by atoms with Crippen LogP contribution in [-0.2, 0) is 22.6 Å². The number of hydrogen-bond acceptors (Lipinski definition) is 4. The van der Waals surface area contributed by atoms with Gasteiger partial charge in [-0.2, -0.15) is 0 Å². The molecule has 0 unspecified atom stereocenters. The molecule has 0 spiro atoms. The van der Waals surface area contributed by atoms with Crippen molar-refractivity contribution in [2.75, 3.05) is 18.9 Å². The number of aromatic amines is 1. The van der Waals surface area contributed by atoms with Crippen LogP contribution in [0, 0.1) is 0 Å². The maximum absolute atomic E-state index is 12.5. The Kier molecular flexibility index (Phi) is 5.92. The molecule has 2 amide bonds. The third-order valence-corrected chi connectivity index (χ3v) is 4.66. The predicted octanol–water partition coefficient (Wildman–Crippen LogP) is 1.35. The first-order valence-electron chi connectivity index (χ1n) is 9.24. The summed E-state index contributed by atoms with van der Waals surface area (Å²) in [7, 11) is 1.45. The summed E-state index contributed by atoms with van der Waals surface area (Å²) in [4.78, 5) is 53.3. The van der Waals surface area contributed by atoms with Crippen LogP contribution in [-0.4, -0.2) is 39.9 Å². The molecule has 0 saturated carbocycles. The number of aryl methyl sites for hydroxylation is 1. The van der Waals surface area contributed by atoms with E-state index in [1.807, 2.05) is 25.1 Å². The minimum Gasteiger partial charge on any atom is -0.335 e. The van der Waals surface area contributed by atoms with Crippen molar-refractivity contribution in [1.29, 1.82) is 0 Å². The van der Waals surface area contributed by atoms with E-state index in [9.17, 15) is 19.2 Å². The fraction of sp³-hybridized carbons (Fsp3) is 0.238. The molecule has 0 saturated heterocycles. The topological polar surface area (TPSA) is 104 Å². The summed E-state index contributed by atoms with van der Waals surface area (Å²) >= 11 is 0. The van der Waals surface area contributed by atoms with Crippen LogP contribution in [0.3, 0.4) is 0 Å². The number of H-pyrrole nitrogens is 1. The highest BCUT2D eigenvalue weighted by Gasteiger charge is 2.17. The van der Waals surface area contributed by atoms with E-state index in [0.29, 0.717) is 16.6 Å². The van der Waals surface area contributed by atoms with Gasteiger partial charge in [-0.1, -0.05) is 37.3 Å². The number of carbonyl (C=O) groups excluding carboxylic acids is 2. The standard InChI is InChI=1S/C21H22N4O4/c1-3-14-8-4-6-10-16(14)22-18(26)12-24(2)19(27)13-25-20(28)15-9-5-7-11-17(15)23-21(25)29/h4-11H,3,12-13H2,1-2H3,(H,22,26)(H,23,29). The van der Waals surface area contributed by atoms with Crippen LogP contribution in [0.1, 0.15) is 12.5 Å². The molecule has 3 aromatic rings. The van der Waals surface area contributed by atoms with E-state index in [0.717, 1.165) is 16.6 Å². The van der Waals surface area contributed by atoms with Gasteiger partial charge in [0, 0.05) is 12.7 Å². The first kappa shape index (κ1) is 20.1. The monoisotopic (exact) mass is 394 g/mol. The van der Waals surface area contributed by atoms with Crippen molar-refractivity contribution >= 4 is 28.4 Å². The van der Waals surface area contributed by atoms with Gasteiger partial charge in [-0.3, -0.25) is 19.0 Å². The Morgan fingerprint density at radius 1 is 1.07 bits per heavy atom. The molecule has 0 fully saturated rings. The van der Waals surface area contributed by atoms with Crippen LogP contribution < -0.4 is 16.6 Å². The van der Waals surface area contributed by atoms with Crippen LogP contribution in [0.15, 0.2) is 58.1 Å². The van der Waals surface area contributed by atoms with Gasteiger partial charge in [0.15, 0.2) is 0 Å². The number of nitrogens with zero attached hydrogens (tertiary/aromatic N) is 2. The van der Waals surface area contributed by atoms with Crippen molar-refractivity contribution in [2.24, 2.45) is 0 Å². The molecule has 0 aliphatic heterocycles. The second-order valence-electron chi connectivity index (χ2n) is 6.68. The van der Waals surface area contributed by atoms with Crippen LogP contribution in [0.4, 0.5) is 5.69 Å². The minimum atomic E-state index is -0.670. The van der Waals surface area contributed by atoms with Crippen LogP contribution in [0.25, 0.3) is 10.9 Å². The lowest BCUT2D eigenvalue weighted by Gasteiger charge is -2.18. The molecule has 29 heavy (non-hydrogen) atoms. The first-order chi connectivity index (χ1) is 13.9. The average molecular weight is 394 g/mol. The number of amides is 2. The van der Waals surface area contributed by atoms with Gasteiger partial charge in [-0.15, -0.1) is 0 Å². The van der Waals surface area contributed by atoms with Gasteiger partial charge in [0.05, 0.1) is 17.4 Å². The zero-order valence-corrected chi connectivity index (χ0v) is 16.3. The third-order valence-electron chi connectivity index (χ3n) is 4.66. The smallest absolute Gasteiger partial charge is 0.329 e. The zero-order valence-electron chi connectivity index (χ0n) is 16.3. The normalized spacial score (nSPS) is 10.7. The number of aromatic nitrogens is 2. The van der Waals surface area contributed by atoms with Gasteiger partial charge >= 0.3 is 5.69 Å². The second kappa shape index (κ2) is 8.55. The number of para-hydroxylation sites is 2. The van der Waals surface area contributed by atoms with E-state index in [4.69, 9.17) is 0 Å². The number of anilines is 1. The summed E-state index contributed by atoms with van der Waals surface area (Å²) < 4.78 is 0.839. The molecule has 0 atom stereocenters. The lowest BCUT2D eigenvalue weighted by molar-refractivity contribution is -0.133. The maximum Gasteiger partial charge on any atom is 0.329 e. The number of rotatable bonds is 6. The molecule has 1 aromatic heterocycles. The van der Waals surface area contributed by atoms with Crippen LogP contribution in [0.5, 0.6) is 0 Å². The molecule has 2 N–H and O–H groups in total. The SMILES string of the molecule is CCc1ccccc1NC(=O)CN(C)C(=O)Cn1c(=O)[nH]c2ccccc2c1=O. The van der Waals surface area contributed by atoms with Crippen molar-refractivity contribution in [2.45, 2.75) is 19.9 Å². The van der Waals surface area contributed by atoms with Gasteiger partial charge in [-0.05, 0) is 30.2 Å². The van der Waals surface area contributed by atoms with Crippen molar-refractivity contribution in [1.82, 2.24) is 14.5 Å². The van der Waals surface area contributed by atoms with Crippen LogP contribution in [0.2, 0.25) is 0 Å². The Bertz CT molecular complexity index is 1180. The van der Waals surface area contributed by atoms with Crippen molar-refractivity contribution in [3.05, 3.63) is 74.9 Å². The molecule has 0 aliphatic rings. The Labute approximate surface area is 166 Å². The molecule has 2 aromatic carbocycles. The van der Waals surface area contributed by atoms with E-state index in [-0.39, 0.29) is 12.5 Å². The van der Waals surface area contributed by atoms with Gasteiger partial charge in [0.25, 0.3) is 5.56 Å². The number of likely N-dealkylation sites (N-methyl/N-ethyl adjacent to an activating group) is 1. The quantitative estimate of drug-likeness (QED) is 0.658. The zero-order chi connectivity index (χ0) is 21.0. The van der Waals surface area contributed by atoms with Gasteiger partial charge in [0.1, 0.15) is 6.54 Å². The number of benzene rings is 2. The van der Waals surface area contributed by atoms with Crippen molar-refractivity contribution in [3.63, 3.8) is 0 Å². The van der Waals surface area contributed by atoms with Crippen LogP contribution >= 0.6 is 0 Å². The molecule has 150 valence electrons. The lowest BCUT2D eigenvalue weighted by Crippen LogP contribution is -2.43. The highest BCUT2D eigenvalue weighted by molar-refractivity contribution is 5.95. The van der Waals surface area contributed by atoms with E-state index in [1.54, 1.807) is 30.3 Å². The molecule has 1 heterocycles. The number of hydrogen-bond donors (Lipinski definition) is 2. The lowest BCUT2D eigenvalue weighted by atomic mass is 10.1. The second-order valence-corrected chi connectivity index (χ2v) is 6.68. The molecule has 0 aliphatic carbocycles. The number of carbonyl (C=O) groups is 2. The maximum atomic E-state index is 12.5.